The van der Waals surface area contributed by atoms with Crippen LogP contribution < -0.4 is 10.1 Å². The van der Waals surface area contributed by atoms with Gasteiger partial charge < -0.3 is 19.7 Å². The third-order valence-corrected chi connectivity index (χ3v) is 5.92. The lowest BCUT2D eigenvalue weighted by molar-refractivity contribution is -0.114. The van der Waals surface area contributed by atoms with Crippen molar-refractivity contribution < 1.29 is 14.3 Å². The zero-order valence-electron chi connectivity index (χ0n) is 20.2. The molecular formula is C28H30N4O3. The highest BCUT2D eigenvalue weighted by Gasteiger charge is 2.20. The van der Waals surface area contributed by atoms with Gasteiger partial charge in [0.1, 0.15) is 24.0 Å². The molecule has 2 aromatic carbocycles. The summed E-state index contributed by atoms with van der Waals surface area (Å²) in [5.74, 6) is 3.94. The van der Waals surface area contributed by atoms with Crippen molar-refractivity contribution in [2.24, 2.45) is 0 Å². The molecule has 3 aromatic rings. The number of benzene rings is 2. The van der Waals surface area contributed by atoms with Crippen molar-refractivity contribution in [2.45, 2.75) is 25.9 Å². The topological polar surface area (TPSA) is 76.6 Å². The number of ether oxygens (including phenoxy) is 2. The minimum absolute atomic E-state index is 0.00875. The monoisotopic (exact) mass is 470 g/mol. The van der Waals surface area contributed by atoms with Gasteiger partial charge in [-0.2, -0.15) is 0 Å². The number of hydrogen-bond acceptors (Lipinski definition) is 7. The summed E-state index contributed by atoms with van der Waals surface area (Å²) in [4.78, 5) is 23.8. The van der Waals surface area contributed by atoms with Gasteiger partial charge in [-0.15, -0.1) is 6.42 Å². The Balaban J connectivity index is 1.66. The summed E-state index contributed by atoms with van der Waals surface area (Å²) in [6.07, 6.45) is 11.6. The number of carbonyl (C=O) groups excluding carboxylic acids is 1. The molecule has 35 heavy (non-hydrogen) atoms. The maximum Gasteiger partial charge on any atom is 0.159 e. The molecule has 1 saturated heterocycles. The summed E-state index contributed by atoms with van der Waals surface area (Å²) in [6, 6.07) is 11.4. The van der Waals surface area contributed by atoms with Crippen molar-refractivity contribution in [3.63, 3.8) is 0 Å². The number of nitrogens with zero attached hydrogens (tertiary/aromatic N) is 3. The molecule has 2 heterocycles. The molecule has 180 valence electrons. The van der Waals surface area contributed by atoms with Crippen LogP contribution in [0.25, 0.3) is 10.9 Å². The summed E-state index contributed by atoms with van der Waals surface area (Å²) >= 11 is 0. The highest BCUT2D eigenvalue weighted by molar-refractivity contribution is 5.96. The number of rotatable bonds is 10. The van der Waals surface area contributed by atoms with E-state index < -0.39 is 0 Å². The van der Waals surface area contributed by atoms with Gasteiger partial charge in [-0.3, -0.25) is 4.79 Å². The third-order valence-electron chi connectivity index (χ3n) is 5.92. The predicted molar refractivity (Wildman–Crippen MR) is 138 cm³/mol. The average Bonchev–Trinajstić information content (AvgIpc) is 3.38. The van der Waals surface area contributed by atoms with E-state index in [0.29, 0.717) is 24.8 Å². The van der Waals surface area contributed by atoms with Crippen LogP contribution in [-0.4, -0.2) is 60.1 Å². The lowest BCUT2D eigenvalue weighted by Gasteiger charge is -2.17. The van der Waals surface area contributed by atoms with Crippen molar-refractivity contribution in [2.75, 3.05) is 38.7 Å². The Morgan fingerprint density at radius 1 is 1.34 bits per heavy atom. The third kappa shape index (κ3) is 6.44. The van der Waals surface area contributed by atoms with E-state index in [0.717, 1.165) is 47.2 Å². The number of aromatic nitrogens is 2. The first-order chi connectivity index (χ1) is 17.1. The van der Waals surface area contributed by atoms with Crippen molar-refractivity contribution in [1.82, 2.24) is 14.9 Å². The summed E-state index contributed by atoms with van der Waals surface area (Å²) in [6.45, 7) is 4.94. The van der Waals surface area contributed by atoms with Crippen LogP contribution in [0.5, 0.6) is 5.75 Å². The van der Waals surface area contributed by atoms with Crippen LogP contribution in [0.1, 0.15) is 24.5 Å². The fourth-order valence-corrected chi connectivity index (χ4v) is 3.82. The molecule has 7 nitrogen and oxygen atoms in total. The molecular weight excluding hydrogens is 440 g/mol. The molecule has 1 fully saturated rings. The van der Waals surface area contributed by atoms with Crippen molar-refractivity contribution in [3.8, 4) is 18.1 Å². The Morgan fingerprint density at radius 3 is 3.00 bits per heavy atom. The summed E-state index contributed by atoms with van der Waals surface area (Å²) in [7, 11) is 2.02. The molecule has 0 saturated carbocycles. The molecule has 4 rings (SSSR count). The van der Waals surface area contributed by atoms with Gasteiger partial charge in [0.2, 0.25) is 0 Å². The average molecular weight is 471 g/mol. The van der Waals surface area contributed by atoms with Gasteiger partial charge in [0.05, 0.1) is 18.7 Å². The highest BCUT2D eigenvalue weighted by Crippen LogP contribution is 2.32. The largest absolute Gasteiger partial charge is 0.488 e. The van der Waals surface area contributed by atoms with Crippen LogP contribution in [0.4, 0.5) is 11.5 Å². The Hall–Kier alpha value is -3.73. The standard InChI is InChI=1S/C28H30N4O3/c1-4-20-8-6-9-22(14-20)31-28-25-16-21(15-23(33)10-7-12-32(3)5-2)27(17-26(25)29-19-30-28)35-24-11-13-34-18-24/h1,6-10,14,16-17,19,24H,5,11-13,15,18H2,2-3H3,(H,29,30,31)/b10-7+/t24-/m0/s1. The van der Waals surface area contributed by atoms with E-state index in [1.54, 1.807) is 6.08 Å². The van der Waals surface area contributed by atoms with E-state index in [2.05, 4.69) is 33.0 Å². The Kier molecular flexibility index (Phi) is 8.09. The number of carbonyl (C=O) groups is 1. The quantitative estimate of drug-likeness (QED) is 0.352. The number of anilines is 2. The molecule has 1 N–H and O–H groups in total. The molecule has 0 aliphatic carbocycles. The molecule has 0 radical (unpaired) electrons. The van der Waals surface area contributed by atoms with Crippen LogP contribution in [0.3, 0.4) is 0 Å². The molecule has 1 atom stereocenters. The van der Waals surface area contributed by atoms with E-state index in [1.165, 1.54) is 6.33 Å². The number of ketones is 1. The molecule has 1 aromatic heterocycles. The number of hydrogen-bond donors (Lipinski definition) is 1. The molecule has 1 aliphatic heterocycles. The SMILES string of the molecule is C#Cc1cccc(Nc2ncnc3cc(O[C@H]4CCOC4)c(CC(=O)/C=C/CN(C)CC)cc23)c1. The van der Waals surface area contributed by atoms with Gasteiger partial charge in [-0.1, -0.05) is 25.0 Å². The minimum atomic E-state index is -0.0408. The molecule has 0 bridgehead atoms. The molecule has 0 amide bonds. The van der Waals surface area contributed by atoms with E-state index in [-0.39, 0.29) is 18.3 Å². The predicted octanol–water partition coefficient (Wildman–Crippen LogP) is 4.14. The van der Waals surface area contributed by atoms with E-state index in [9.17, 15) is 4.79 Å². The second kappa shape index (κ2) is 11.6. The number of terminal acetylenes is 1. The molecule has 0 spiro atoms. The lowest BCUT2D eigenvalue weighted by Crippen LogP contribution is -2.18. The first kappa shape index (κ1) is 24.4. The first-order valence-corrected chi connectivity index (χ1v) is 11.8. The minimum Gasteiger partial charge on any atom is -0.488 e. The van der Waals surface area contributed by atoms with Crippen LogP contribution >= 0.6 is 0 Å². The fraction of sp³-hybridized carbons (Fsp3) is 0.321. The van der Waals surface area contributed by atoms with Crippen molar-refractivity contribution in [3.05, 3.63) is 66.0 Å². The Morgan fingerprint density at radius 2 is 2.23 bits per heavy atom. The van der Waals surface area contributed by atoms with Crippen LogP contribution in [-0.2, 0) is 16.0 Å². The van der Waals surface area contributed by atoms with Gasteiger partial charge in [0, 0.05) is 47.7 Å². The molecule has 0 unspecified atom stereocenters. The highest BCUT2D eigenvalue weighted by atomic mass is 16.5. The summed E-state index contributed by atoms with van der Waals surface area (Å²) in [5, 5.41) is 4.13. The van der Waals surface area contributed by atoms with Crippen LogP contribution in [0.2, 0.25) is 0 Å². The number of allylic oxidation sites excluding steroid dienone is 1. The zero-order valence-corrected chi connectivity index (χ0v) is 20.2. The Bertz CT molecular complexity index is 1260. The van der Waals surface area contributed by atoms with E-state index in [1.807, 2.05) is 49.5 Å². The number of likely N-dealkylation sites (N-methyl/N-ethyl adjacent to an activating group) is 1. The molecule has 1 aliphatic rings. The fourth-order valence-electron chi connectivity index (χ4n) is 3.82. The maximum absolute atomic E-state index is 12.8. The second-order valence-electron chi connectivity index (χ2n) is 8.55. The Labute approximate surface area is 206 Å². The van der Waals surface area contributed by atoms with Crippen LogP contribution in [0.15, 0.2) is 54.9 Å². The second-order valence-corrected chi connectivity index (χ2v) is 8.55. The smallest absolute Gasteiger partial charge is 0.159 e. The van der Waals surface area contributed by atoms with E-state index >= 15 is 0 Å². The lowest BCUT2D eigenvalue weighted by atomic mass is 10.0. The molecule has 7 heteroatoms. The van der Waals surface area contributed by atoms with Gasteiger partial charge in [-0.05, 0) is 43.9 Å². The van der Waals surface area contributed by atoms with E-state index in [4.69, 9.17) is 15.9 Å². The van der Waals surface area contributed by atoms with Gasteiger partial charge >= 0.3 is 0 Å². The van der Waals surface area contributed by atoms with Crippen molar-refractivity contribution >= 4 is 28.2 Å². The number of nitrogens with one attached hydrogen (secondary N) is 1. The van der Waals surface area contributed by atoms with Crippen molar-refractivity contribution in [1.29, 1.82) is 0 Å². The van der Waals surface area contributed by atoms with Crippen LogP contribution in [0, 0.1) is 12.3 Å². The zero-order chi connectivity index (χ0) is 24.6. The summed E-state index contributed by atoms with van der Waals surface area (Å²) < 4.78 is 11.7. The maximum atomic E-state index is 12.8. The first-order valence-electron chi connectivity index (χ1n) is 11.8. The van der Waals surface area contributed by atoms with Gasteiger partial charge in [-0.25, -0.2) is 9.97 Å². The summed E-state index contributed by atoms with van der Waals surface area (Å²) in [5.41, 5.74) is 3.11. The normalized spacial score (nSPS) is 15.5. The van der Waals surface area contributed by atoms with Gasteiger partial charge in [0.25, 0.3) is 0 Å². The van der Waals surface area contributed by atoms with Gasteiger partial charge in [0.15, 0.2) is 5.78 Å². The number of fused-ring (bicyclic) bond motifs is 1.